The van der Waals surface area contributed by atoms with Crippen LogP contribution in [0.5, 0.6) is 5.75 Å². The number of aromatic hydroxyl groups is 1. The van der Waals surface area contributed by atoms with Gasteiger partial charge in [0.15, 0.2) is 0 Å². The van der Waals surface area contributed by atoms with Gasteiger partial charge in [-0.3, -0.25) is 0 Å². The molecule has 0 unspecified atom stereocenters. The summed E-state index contributed by atoms with van der Waals surface area (Å²) in [5.41, 5.74) is 1.89. The van der Waals surface area contributed by atoms with Crippen LogP contribution in [-0.2, 0) is 0 Å². The summed E-state index contributed by atoms with van der Waals surface area (Å²) in [5.74, 6) is 0.224. The fourth-order valence-electron chi connectivity index (χ4n) is 1.32. The zero-order valence-corrected chi connectivity index (χ0v) is 7.31. The average molecular weight is 182 g/mol. The lowest BCUT2D eigenvalue weighted by atomic mass is 10.2. The Labute approximate surface area is 74.8 Å². The van der Waals surface area contributed by atoms with Gasteiger partial charge in [0.25, 0.3) is 0 Å². The SMILES string of the molecule is Cc1cc2c(O)cc(Cl)cc2[nH]1. The van der Waals surface area contributed by atoms with Crippen molar-refractivity contribution in [3.05, 3.63) is 28.9 Å². The van der Waals surface area contributed by atoms with Crippen LogP contribution in [0.3, 0.4) is 0 Å². The Hall–Kier alpha value is -1.15. The number of fused-ring (bicyclic) bond motifs is 1. The second-order valence-electron chi connectivity index (χ2n) is 2.84. The average Bonchev–Trinajstić information content (AvgIpc) is 2.29. The van der Waals surface area contributed by atoms with E-state index in [-0.39, 0.29) is 5.75 Å². The third kappa shape index (κ3) is 1.04. The van der Waals surface area contributed by atoms with Crippen molar-refractivity contribution in [1.82, 2.24) is 4.98 Å². The first-order valence-corrected chi connectivity index (χ1v) is 4.02. The molecule has 62 valence electrons. The molecule has 3 heteroatoms. The van der Waals surface area contributed by atoms with E-state index in [0.29, 0.717) is 5.02 Å². The maximum absolute atomic E-state index is 9.46. The molecule has 2 N–H and O–H groups in total. The van der Waals surface area contributed by atoms with Gasteiger partial charge in [0.1, 0.15) is 5.75 Å². The minimum atomic E-state index is 0.224. The molecule has 0 aliphatic heterocycles. The molecule has 0 atom stereocenters. The molecule has 0 saturated heterocycles. The number of rotatable bonds is 0. The molecule has 0 fully saturated rings. The number of aryl methyl sites for hydroxylation is 1. The molecule has 0 aliphatic carbocycles. The number of halogens is 1. The van der Waals surface area contributed by atoms with E-state index in [1.165, 1.54) is 6.07 Å². The molecule has 2 aromatic rings. The van der Waals surface area contributed by atoms with E-state index in [9.17, 15) is 5.11 Å². The van der Waals surface area contributed by atoms with Crippen molar-refractivity contribution in [2.45, 2.75) is 6.92 Å². The highest BCUT2D eigenvalue weighted by molar-refractivity contribution is 6.31. The van der Waals surface area contributed by atoms with Gasteiger partial charge in [-0.1, -0.05) is 11.6 Å². The number of phenols is 1. The van der Waals surface area contributed by atoms with E-state index in [4.69, 9.17) is 11.6 Å². The minimum absolute atomic E-state index is 0.224. The number of nitrogens with one attached hydrogen (secondary N) is 1. The van der Waals surface area contributed by atoms with E-state index >= 15 is 0 Å². The van der Waals surface area contributed by atoms with Gasteiger partial charge in [0.05, 0.1) is 5.52 Å². The van der Waals surface area contributed by atoms with Gasteiger partial charge in [-0.05, 0) is 25.1 Å². The Balaban J connectivity index is 2.88. The van der Waals surface area contributed by atoms with Crippen molar-refractivity contribution in [2.75, 3.05) is 0 Å². The molecule has 2 rings (SSSR count). The van der Waals surface area contributed by atoms with Crippen molar-refractivity contribution in [3.63, 3.8) is 0 Å². The Morgan fingerprint density at radius 2 is 2.08 bits per heavy atom. The number of aromatic amines is 1. The monoisotopic (exact) mass is 181 g/mol. The molecule has 1 aromatic carbocycles. The Kier molecular flexibility index (Phi) is 1.51. The third-order valence-corrected chi connectivity index (χ3v) is 2.03. The van der Waals surface area contributed by atoms with E-state index in [1.54, 1.807) is 6.07 Å². The normalized spacial score (nSPS) is 10.8. The van der Waals surface area contributed by atoms with Crippen molar-refractivity contribution in [2.24, 2.45) is 0 Å². The van der Waals surface area contributed by atoms with Crippen LogP contribution in [0.1, 0.15) is 5.69 Å². The Morgan fingerprint density at radius 3 is 2.83 bits per heavy atom. The van der Waals surface area contributed by atoms with E-state index in [0.717, 1.165) is 16.6 Å². The maximum atomic E-state index is 9.46. The van der Waals surface area contributed by atoms with Crippen molar-refractivity contribution < 1.29 is 5.11 Å². The summed E-state index contributed by atoms with van der Waals surface area (Å²) in [7, 11) is 0. The topological polar surface area (TPSA) is 36.0 Å². The van der Waals surface area contributed by atoms with Gasteiger partial charge in [0, 0.05) is 16.1 Å². The van der Waals surface area contributed by atoms with Gasteiger partial charge >= 0.3 is 0 Å². The van der Waals surface area contributed by atoms with Crippen LogP contribution in [0.2, 0.25) is 5.02 Å². The van der Waals surface area contributed by atoms with Gasteiger partial charge in [-0.2, -0.15) is 0 Å². The van der Waals surface area contributed by atoms with Crippen LogP contribution in [0.25, 0.3) is 10.9 Å². The van der Waals surface area contributed by atoms with Crippen LogP contribution < -0.4 is 0 Å². The molecule has 12 heavy (non-hydrogen) atoms. The van der Waals surface area contributed by atoms with Gasteiger partial charge in [-0.25, -0.2) is 0 Å². The van der Waals surface area contributed by atoms with E-state index < -0.39 is 0 Å². The molecular formula is C9H8ClNO. The second-order valence-corrected chi connectivity index (χ2v) is 3.27. The Bertz CT molecular complexity index is 433. The van der Waals surface area contributed by atoms with Crippen molar-refractivity contribution in [1.29, 1.82) is 0 Å². The molecule has 0 amide bonds. The largest absolute Gasteiger partial charge is 0.507 e. The molecule has 1 aromatic heterocycles. The lowest BCUT2D eigenvalue weighted by Crippen LogP contribution is -1.70. The van der Waals surface area contributed by atoms with Crippen LogP contribution in [0.4, 0.5) is 0 Å². The zero-order chi connectivity index (χ0) is 8.72. The summed E-state index contributed by atoms with van der Waals surface area (Å²) in [6.45, 7) is 1.94. The predicted octanol–water partition coefficient (Wildman–Crippen LogP) is 2.84. The quantitative estimate of drug-likeness (QED) is 0.644. The fraction of sp³-hybridized carbons (Fsp3) is 0.111. The molecular weight excluding hydrogens is 174 g/mol. The maximum Gasteiger partial charge on any atom is 0.126 e. The van der Waals surface area contributed by atoms with Crippen LogP contribution in [0.15, 0.2) is 18.2 Å². The Morgan fingerprint density at radius 1 is 1.33 bits per heavy atom. The van der Waals surface area contributed by atoms with Crippen molar-refractivity contribution in [3.8, 4) is 5.75 Å². The first kappa shape index (κ1) is 7.50. The lowest BCUT2D eigenvalue weighted by Gasteiger charge is -1.94. The highest BCUT2D eigenvalue weighted by Crippen LogP contribution is 2.28. The number of benzene rings is 1. The predicted molar refractivity (Wildman–Crippen MR) is 49.7 cm³/mol. The van der Waals surface area contributed by atoms with Crippen LogP contribution >= 0.6 is 11.6 Å². The highest BCUT2D eigenvalue weighted by atomic mass is 35.5. The second kappa shape index (κ2) is 2.42. The smallest absolute Gasteiger partial charge is 0.126 e. The van der Waals surface area contributed by atoms with Crippen molar-refractivity contribution >= 4 is 22.5 Å². The highest BCUT2D eigenvalue weighted by Gasteiger charge is 2.03. The first-order valence-electron chi connectivity index (χ1n) is 3.64. The molecule has 1 heterocycles. The summed E-state index contributed by atoms with van der Waals surface area (Å²) >= 11 is 5.75. The van der Waals surface area contributed by atoms with Gasteiger partial charge < -0.3 is 10.1 Å². The third-order valence-electron chi connectivity index (χ3n) is 1.82. The number of phenolic OH excluding ortho intramolecular Hbond substituents is 1. The zero-order valence-electron chi connectivity index (χ0n) is 6.56. The number of H-pyrrole nitrogens is 1. The van der Waals surface area contributed by atoms with E-state index in [2.05, 4.69) is 4.98 Å². The summed E-state index contributed by atoms with van der Waals surface area (Å²) in [6, 6.07) is 5.22. The summed E-state index contributed by atoms with van der Waals surface area (Å²) in [5, 5.41) is 10.8. The van der Waals surface area contributed by atoms with E-state index in [1.807, 2.05) is 13.0 Å². The summed E-state index contributed by atoms with van der Waals surface area (Å²) in [6.07, 6.45) is 0. The number of aromatic nitrogens is 1. The molecule has 0 aliphatic rings. The number of hydrogen-bond donors (Lipinski definition) is 2. The first-order chi connectivity index (χ1) is 5.66. The summed E-state index contributed by atoms with van der Waals surface area (Å²) in [4.78, 5) is 3.10. The molecule has 0 bridgehead atoms. The molecule has 0 radical (unpaired) electrons. The lowest BCUT2D eigenvalue weighted by molar-refractivity contribution is 0.482. The summed E-state index contributed by atoms with van der Waals surface area (Å²) < 4.78 is 0. The number of hydrogen-bond acceptors (Lipinski definition) is 1. The van der Waals surface area contributed by atoms with Gasteiger partial charge in [-0.15, -0.1) is 0 Å². The standard InChI is InChI=1S/C9H8ClNO/c1-5-2-7-8(11-5)3-6(10)4-9(7)12/h2-4,11-12H,1H3. The minimum Gasteiger partial charge on any atom is -0.507 e. The fourth-order valence-corrected chi connectivity index (χ4v) is 1.54. The van der Waals surface area contributed by atoms with Crippen LogP contribution in [0, 0.1) is 6.92 Å². The van der Waals surface area contributed by atoms with Gasteiger partial charge in [0.2, 0.25) is 0 Å². The van der Waals surface area contributed by atoms with Crippen LogP contribution in [-0.4, -0.2) is 10.1 Å². The molecule has 2 nitrogen and oxygen atoms in total. The molecule has 0 spiro atoms. The molecule has 0 saturated carbocycles.